The second-order valence-corrected chi connectivity index (χ2v) is 5.96. The van der Waals surface area contributed by atoms with Crippen LogP contribution >= 0.6 is 15.9 Å². The molecule has 1 heterocycles. The normalized spacial score (nSPS) is 10.6. The van der Waals surface area contributed by atoms with E-state index in [9.17, 15) is 4.79 Å². The van der Waals surface area contributed by atoms with Gasteiger partial charge in [0.25, 0.3) is 5.91 Å². The Morgan fingerprint density at radius 2 is 1.86 bits per heavy atom. The van der Waals surface area contributed by atoms with Gasteiger partial charge in [-0.15, -0.1) is 0 Å². The van der Waals surface area contributed by atoms with Crippen LogP contribution in [0.4, 0.5) is 0 Å². The number of benzene rings is 2. The average Bonchev–Trinajstić information content (AvgIpc) is 2.53. The summed E-state index contributed by atoms with van der Waals surface area (Å²) in [5.41, 5.74) is 3.39. The van der Waals surface area contributed by atoms with Gasteiger partial charge in [-0.05, 0) is 30.7 Å². The molecule has 3 nitrogen and oxygen atoms in total. The Labute approximate surface area is 137 Å². The van der Waals surface area contributed by atoms with E-state index in [4.69, 9.17) is 0 Å². The lowest BCUT2D eigenvalue weighted by Crippen LogP contribution is -2.23. The molecule has 0 spiro atoms. The van der Waals surface area contributed by atoms with Crippen LogP contribution in [0.1, 0.15) is 21.6 Å². The summed E-state index contributed by atoms with van der Waals surface area (Å²) in [6.45, 7) is 2.38. The largest absolute Gasteiger partial charge is 0.348 e. The molecule has 1 amide bonds. The van der Waals surface area contributed by atoms with Gasteiger partial charge in [0.05, 0.1) is 11.1 Å². The van der Waals surface area contributed by atoms with Crippen molar-refractivity contribution < 1.29 is 4.79 Å². The maximum Gasteiger partial charge on any atom is 0.252 e. The maximum atomic E-state index is 12.5. The molecule has 1 aromatic heterocycles. The first kappa shape index (κ1) is 14.7. The fourth-order valence-electron chi connectivity index (χ4n) is 2.41. The number of carbonyl (C=O) groups excluding carboxylic acids is 1. The fraction of sp³-hybridized carbons (Fsp3) is 0.111. The molecule has 0 aliphatic carbocycles. The highest BCUT2D eigenvalue weighted by Gasteiger charge is 2.12. The number of halogens is 1. The number of nitrogens with zero attached hydrogens (tertiary/aromatic N) is 1. The number of aromatic nitrogens is 1. The molecule has 110 valence electrons. The quantitative estimate of drug-likeness (QED) is 0.764. The molecule has 0 saturated heterocycles. The van der Waals surface area contributed by atoms with Gasteiger partial charge < -0.3 is 5.32 Å². The number of fused-ring (bicyclic) bond motifs is 1. The van der Waals surface area contributed by atoms with Gasteiger partial charge in [0, 0.05) is 22.1 Å². The first-order valence-corrected chi connectivity index (χ1v) is 7.82. The van der Waals surface area contributed by atoms with E-state index in [1.54, 1.807) is 0 Å². The van der Waals surface area contributed by atoms with Crippen LogP contribution in [-0.4, -0.2) is 10.9 Å². The third-order valence-electron chi connectivity index (χ3n) is 3.49. The van der Waals surface area contributed by atoms with Crippen LogP contribution in [0.25, 0.3) is 10.9 Å². The predicted molar refractivity (Wildman–Crippen MR) is 91.8 cm³/mol. The van der Waals surface area contributed by atoms with Gasteiger partial charge in [-0.2, -0.15) is 0 Å². The topological polar surface area (TPSA) is 42.0 Å². The zero-order valence-corrected chi connectivity index (χ0v) is 13.7. The molecule has 0 radical (unpaired) electrons. The molecule has 0 aliphatic rings. The number of aryl methyl sites for hydroxylation is 1. The molecule has 2 aromatic carbocycles. The number of hydrogen-bond acceptors (Lipinski definition) is 2. The Hall–Kier alpha value is -2.20. The van der Waals surface area contributed by atoms with Crippen LogP contribution in [0.3, 0.4) is 0 Å². The van der Waals surface area contributed by atoms with Crippen molar-refractivity contribution in [1.29, 1.82) is 0 Å². The zero-order chi connectivity index (χ0) is 15.5. The van der Waals surface area contributed by atoms with E-state index >= 15 is 0 Å². The summed E-state index contributed by atoms with van der Waals surface area (Å²) in [5, 5.41) is 3.85. The summed E-state index contributed by atoms with van der Waals surface area (Å²) in [4.78, 5) is 17.0. The number of rotatable bonds is 3. The van der Waals surface area contributed by atoms with Gasteiger partial charge in [0.15, 0.2) is 0 Å². The molecular weight excluding hydrogens is 340 g/mol. The van der Waals surface area contributed by atoms with Crippen LogP contribution in [0.15, 0.2) is 59.1 Å². The van der Waals surface area contributed by atoms with Gasteiger partial charge in [0.2, 0.25) is 0 Å². The van der Waals surface area contributed by atoms with Crippen LogP contribution in [0, 0.1) is 6.92 Å². The molecule has 0 aliphatic heterocycles. The van der Waals surface area contributed by atoms with E-state index in [1.807, 2.05) is 61.5 Å². The SMILES string of the molecule is Cc1cc(C(=O)NCc2ccccc2Br)c2ccccc2n1. The van der Waals surface area contributed by atoms with Crippen molar-refractivity contribution in [2.24, 2.45) is 0 Å². The van der Waals surface area contributed by atoms with Gasteiger partial charge in [0.1, 0.15) is 0 Å². The molecule has 0 bridgehead atoms. The number of carbonyl (C=O) groups is 1. The Morgan fingerprint density at radius 1 is 1.14 bits per heavy atom. The first-order valence-electron chi connectivity index (χ1n) is 7.03. The van der Waals surface area contributed by atoms with Crippen molar-refractivity contribution >= 4 is 32.7 Å². The summed E-state index contributed by atoms with van der Waals surface area (Å²) in [7, 11) is 0. The molecule has 4 heteroatoms. The van der Waals surface area contributed by atoms with Gasteiger partial charge in [-0.3, -0.25) is 9.78 Å². The number of nitrogens with one attached hydrogen (secondary N) is 1. The zero-order valence-electron chi connectivity index (χ0n) is 12.1. The van der Waals surface area contributed by atoms with Gasteiger partial charge in [-0.25, -0.2) is 0 Å². The number of hydrogen-bond donors (Lipinski definition) is 1. The second kappa shape index (κ2) is 6.28. The second-order valence-electron chi connectivity index (χ2n) is 5.10. The van der Waals surface area contributed by atoms with Gasteiger partial charge >= 0.3 is 0 Å². The standard InChI is InChI=1S/C18H15BrN2O/c1-12-10-15(14-7-3-5-9-17(14)21-12)18(22)20-11-13-6-2-4-8-16(13)19/h2-10H,11H2,1H3,(H,20,22). The van der Waals surface area contributed by atoms with Crippen LogP contribution < -0.4 is 5.32 Å². The summed E-state index contributed by atoms with van der Waals surface area (Å²) >= 11 is 3.49. The molecular formula is C18H15BrN2O. The van der Waals surface area contributed by atoms with Crippen LogP contribution in [-0.2, 0) is 6.54 Å². The van der Waals surface area contributed by atoms with Crippen molar-refractivity contribution in [3.63, 3.8) is 0 Å². The first-order chi connectivity index (χ1) is 10.6. The minimum atomic E-state index is -0.0857. The highest BCUT2D eigenvalue weighted by molar-refractivity contribution is 9.10. The highest BCUT2D eigenvalue weighted by atomic mass is 79.9. The molecule has 0 saturated carbocycles. The Balaban J connectivity index is 1.88. The van der Waals surface area contributed by atoms with E-state index in [-0.39, 0.29) is 5.91 Å². The number of para-hydroxylation sites is 1. The molecule has 22 heavy (non-hydrogen) atoms. The molecule has 3 rings (SSSR count). The number of pyridine rings is 1. The van der Waals surface area contributed by atoms with E-state index < -0.39 is 0 Å². The highest BCUT2D eigenvalue weighted by Crippen LogP contribution is 2.19. The van der Waals surface area contributed by atoms with Crippen LogP contribution in [0.5, 0.6) is 0 Å². The molecule has 0 unspecified atom stereocenters. The molecule has 0 fully saturated rings. The minimum Gasteiger partial charge on any atom is -0.348 e. The lowest BCUT2D eigenvalue weighted by Gasteiger charge is -2.10. The summed E-state index contributed by atoms with van der Waals surface area (Å²) in [5.74, 6) is -0.0857. The van der Waals surface area contributed by atoms with Gasteiger partial charge in [-0.1, -0.05) is 52.3 Å². The smallest absolute Gasteiger partial charge is 0.252 e. The lowest BCUT2D eigenvalue weighted by atomic mass is 10.1. The van der Waals surface area contributed by atoms with Crippen molar-refractivity contribution in [2.75, 3.05) is 0 Å². The van der Waals surface area contributed by atoms with E-state index in [2.05, 4.69) is 26.2 Å². The van der Waals surface area contributed by atoms with Crippen molar-refractivity contribution in [3.8, 4) is 0 Å². The third kappa shape index (κ3) is 3.02. The van der Waals surface area contributed by atoms with Crippen molar-refractivity contribution in [1.82, 2.24) is 10.3 Å². The summed E-state index contributed by atoms with van der Waals surface area (Å²) in [6.07, 6.45) is 0. The fourth-order valence-corrected chi connectivity index (χ4v) is 2.83. The van der Waals surface area contributed by atoms with Crippen molar-refractivity contribution in [3.05, 3.63) is 75.9 Å². The van der Waals surface area contributed by atoms with Crippen LogP contribution in [0.2, 0.25) is 0 Å². The Morgan fingerprint density at radius 3 is 2.68 bits per heavy atom. The number of amides is 1. The third-order valence-corrected chi connectivity index (χ3v) is 4.26. The Kier molecular flexibility index (Phi) is 4.20. The predicted octanol–water partition coefficient (Wildman–Crippen LogP) is 4.24. The van der Waals surface area contributed by atoms with E-state index in [0.29, 0.717) is 12.1 Å². The summed E-state index contributed by atoms with van der Waals surface area (Å²) in [6, 6.07) is 17.4. The molecule has 0 atom stereocenters. The molecule has 3 aromatic rings. The van der Waals surface area contributed by atoms with Crippen molar-refractivity contribution in [2.45, 2.75) is 13.5 Å². The monoisotopic (exact) mass is 354 g/mol. The maximum absolute atomic E-state index is 12.5. The lowest BCUT2D eigenvalue weighted by molar-refractivity contribution is 0.0952. The van der Waals surface area contributed by atoms with E-state index in [0.717, 1.165) is 26.6 Å². The molecule has 1 N–H and O–H groups in total. The van der Waals surface area contributed by atoms with E-state index in [1.165, 1.54) is 0 Å². The Bertz CT molecular complexity index is 845. The average molecular weight is 355 g/mol. The summed E-state index contributed by atoms with van der Waals surface area (Å²) < 4.78 is 0.992. The minimum absolute atomic E-state index is 0.0857.